The van der Waals surface area contributed by atoms with Gasteiger partial charge >= 0.3 is 0 Å². The molecule has 1 atom stereocenters. The summed E-state index contributed by atoms with van der Waals surface area (Å²) in [4.78, 5) is 4.40. The number of nitrogens with two attached hydrogens (primary N) is 1. The third kappa shape index (κ3) is 3.11. The Balaban J connectivity index is 1.75. The molecule has 1 aromatic heterocycles. The summed E-state index contributed by atoms with van der Waals surface area (Å²) < 4.78 is 0. The standard InChI is InChI=1S/C19H20N2/c1-14-5-2-3-6-15(14)10-11-18(20)17-9-8-16-7-4-12-21-19(16)13-17/h2-9,12-13,18H,10-11,20H2,1H3. The molecule has 0 spiro atoms. The zero-order valence-electron chi connectivity index (χ0n) is 12.3. The highest BCUT2D eigenvalue weighted by molar-refractivity contribution is 5.78. The summed E-state index contributed by atoms with van der Waals surface area (Å²) in [5.74, 6) is 0. The average molecular weight is 276 g/mol. The second kappa shape index (κ2) is 6.06. The Morgan fingerprint density at radius 1 is 1.05 bits per heavy atom. The van der Waals surface area contributed by atoms with E-state index < -0.39 is 0 Å². The molecule has 0 fully saturated rings. The minimum absolute atomic E-state index is 0.0519. The first-order valence-corrected chi connectivity index (χ1v) is 7.39. The van der Waals surface area contributed by atoms with Crippen LogP contribution in [-0.4, -0.2) is 4.98 Å². The van der Waals surface area contributed by atoms with Crippen LogP contribution in [0.25, 0.3) is 10.9 Å². The van der Waals surface area contributed by atoms with Crippen molar-refractivity contribution in [3.63, 3.8) is 0 Å². The van der Waals surface area contributed by atoms with Gasteiger partial charge in [0, 0.05) is 17.6 Å². The van der Waals surface area contributed by atoms with Gasteiger partial charge in [0.1, 0.15) is 0 Å². The highest BCUT2D eigenvalue weighted by atomic mass is 14.7. The van der Waals surface area contributed by atoms with E-state index in [0.29, 0.717) is 0 Å². The number of hydrogen-bond acceptors (Lipinski definition) is 2. The molecule has 21 heavy (non-hydrogen) atoms. The van der Waals surface area contributed by atoms with Crippen LogP contribution >= 0.6 is 0 Å². The largest absolute Gasteiger partial charge is 0.324 e. The molecular formula is C19H20N2. The molecule has 0 saturated carbocycles. The first-order chi connectivity index (χ1) is 10.2. The van der Waals surface area contributed by atoms with Crippen molar-refractivity contribution in [2.75, 3.05) is 0 Å². The molecular weight excluding hydrogens is 256 g/mol. The van der Waals surface area contributed by atoms with Crippen LogP contribution < -0.4 is 5.73 Å². The van der Waals surface area contributed by atoms with Crippen LogP contribution in [0.2, 0.25) is 0 Å². The topological polar surface area (TPSA) is 38.9 Å². The van der Waals surface area contributed by atoms with Crippen molar-refractivity contribution in [2.45, 2.75) is 25.8 Å². The predicted octanol–water partition coefficient (Wildman–Crippen LogP) is 4.18. The van der Waals surface area contributed by atoms with E-state index >= 15 is 0 Å². The fraction of sp³-hybridized carbons (Fsp3) is 0.211. The third-order valence-corrected chi connectivity index (χ3v) is 4.04. The third-order valence-electron chi connectivity index (χ3n) is 4.04. The Labute approximate surface area is 125 Å². The van der Waals surface area contributed by atoms with Gasteiger partial charge in [-0.3, -0.25) is 4.98 Å². The van der Waals surface area contributed by atoms with Crippen LogP contribution in [0.5, 0.6) is 0 Å². The number of nitrogens with zero attached hydrogens (tertiary/aromatic N) is 1. The zero-order chi connectivity index (χ0) is 14.7. The van der Waals surface area contributed by atoms with Gasteiger partial charge in [-0.15, -0.1) is 0 Å². The van der Waals surface area contributed by atoms with Crippen molar-refractivity contribution >= 4 is 10.9 Å². The number of pyridine rings is 1. The van der Waals surface area contributed by atoms with Gasteiger partial charge in [0.05, 0.1) is 5.52 Å². The molecule has 2 N–H and O–H groups in total. The predicted molar refractivity (Wildman–Crippen MR) is 88.2 cm³/mol. The fourth-order valence-electron chi connectivity index (χ4n) is 2.68. The lowest BCUT2D eigenvalue weighted by molar-refractivity contribution is 0.650. The van der Waals surface area contributed by atoms with E-state index in [1.54, 1.807) is 0 Å². The van der Waals surface area contributed by atoms with Gasteiger partial charge < -0.3 is 5.73 Å². The number of aromatic nitrogens is 1. The Kier molecular flexibility index (Phi) is 3.98. The molecule has 0 aliphatic heterocycles. The number of fused-ring (bicyclic) bond motifs is 1. The molecule has 2 heteroatoms. The van der Waals surface area contributed by atoms with E-state index in [9.17, 15) is 0 Å². The maximum absolute atomic E-state index is 6.36. The Morgan fingerprint density at radius 2 is 1.90 bits per heavy atom. The van der Waals surface area contributed by atoms with Gasteiger partial charge in [-0.25, -0.2) is 0 Å². The summed E-state index contributed by atoms with van der Waals surface area (Å²) in [6.45, 7) is 2.15. The molecule has 0 aliphatic rings. The normalized spacial score (nSPS) is 12.5. The average Bonchev–Trinajstić information content (AvgIpc) is 2.53. The zero-order valence-corrected chi connectivity index (χ0v) is 12.3. The van der Waals surface area contributed by atoms with Gasteiger partial charge in [-0.05, 0) is 48.6 Å². The van der Waals surface area contributed by atoms with E-state index in [0.717, 1.165) is 29.3 Å². The Bertz CT molecular complexity index is 749. The minimum atomic E-state index is 0.0519. The second-order valence-electron chi connectivity index (χ2n) is 5.53. The van der Waals surface area contributed by atoms with Crippen molar-refractivity contribution in [2.24, 2.45) is 5.73 Å². The van der Waals surface area contributed by atoms with E-state index in [4.69, 9.17) is 5.73 Å². The van der Waals surface area contributed by atoms with Crippen molar-refractivity contribution in [3.8, 4) is 0 Å². The molecule has 0 radical (unpaired) electrons. The van der Waals surface area contributed by atoms with Crippen LogP contribution in [0.3, 0.4) is 0 Å². The summed E-state index contributed by atoms with van der Waals surface area (Å²) in [5.41, 5.74) is 11.3. The van der Waals surface area contributed by atoms with Crippen LogP contribution in [0.1, 0.15) is 29.2 Å². The summed E-state index contributed by atoms with van der Waals surface area (Å²) in [6, 6.07) is 18.9. The van der Waals surface area contributed by atoms with Crippen LogP contribution in [0, 0.1) is 6.92 Å². The van der Waals surface area contributed by atoms with Crippen LogP contribution in [0.15, 0.2) is 60.8 Å². The van der Waals surface area contributed by atoms with Crippen molar-refractivity contribution in [1.82, 2.24) is 4.98 Å². The minimum Gasteiger partial charge on any atom is -0.324 e. The Hall–Kier alpha value is -2.19. The first kappa shape index (κ1) is 13.8. The van der Waals surface area contributed by atoms with Gasteiger partial charge in [0.25, 0.3) is 0 Å². The monoisotopic (exact) mass is 276 g/mol. The lowest BCUT2D eigenvalue weighted by Crippen LogP contribution is -2.11. The van der Waals surface area contributed by atoms with Gasteiger partial charge in [0.15, 0.2) is 0 Å². The summed E-state index contributed by atoms with van der Waals surface area (Å²) in [7, 11) is 0. The molecule has 0 aliphatic carbocycles. The molecule has 106 valence electrons. The fourth-order valence-corrected chi connectivity index (χ4v) is 2.68. The Morgan fingerprint density at radius 3 is 2.76 bits per heavy atom. The van der Waals surface area contributed by atoms with Gasteiger partial charge in [-0.1, -0.05) is 42.5 Å². The summed E-state index contributed by atoms with van der Waals surface area (Å²) in [5, 5.41) is 1.16. The highest BCUT2D eigenvalue weighted by Gasteiger charge is 2.08. The molecule has 3 aromatic rings. The number of hydrogen-bond donors (Lipinski definition) is 1. The SMILES string of the molecule is Cc1ccccc1CCC(N)c1ccc2cccnc2c1. The molecule has 1 unspecified atom stereocenters. The number of aryl methyl sites for hydroxylation is 2. The second-order valence-corrected chi connectivity index (χ2v) is 5.53. The van der Waals surface area contributed by atoms with Crippen molar-refractivity contribution < 1.29 is 0 Å². The molecule has 1 heterocycles. The van der Waals surface area contributed by atoms with Crippen LogP contribution in [0.4, 0.5) is 0 Å². The molecule has 0 amide bonds. The number of rotatable bonds is 4. The van der Waals surface area contributed by atoms with Gasteiger partial charge in [-0.2, -0.15) is 0 Å². The van der Waals surface area contributed by atoms with Gasteiger partial charge in [0.2, 0.25) is 0 Å². The molecule has 0 saturated heterocycles. The molecule has 0 bridgehead atoms. The summed E-state index contributed by atoms with van der Waals surface area (Å²) >= 11 is 0. The van der Waals surface area contributed by atoms with Crippen molar-refractivity contribution in [1.29, 1.82) is 0 Å². The molecule has 2 aromatic carbocycles. The number of benzene rings is 2. The van der Waals surface area contributed by atoms with E-state index in [-0.39, 0.29) is 6.04 Å². The first-order valence-electron chi connectivity index (χ1n) is 7.39. The molecule has 3 rings (SSSR count). The van der Waals surface area contributed by atoms with Crippen molar-refractivity contribution in [3.05, 3.63) is 77.5 Å². The lowest BCUT2D eigenvalue weighted by Gasteiger charge is -2.13. The lowest BCUT2D eigenvalue weighted by atomic mass is 9.97. The quantitative estimate of drug-likeness (QED) is 0.776. The van der Waals surface area contributed by atoms with E-state index in [2.05, 4.69) is 60.4 Å². The smallest absolute Gasteiger partial charge is 0.0705 e. The highest BCUT2D eigenvalue weighted by Crippen LogP contribution is 2.21. The van der Waals surface area contributed by atoms with Crippen LogP contribution in [-0.2, 0) is 6.42 Å². The summed E-state index contributed by atoms with van der Waals surface area (Å²) in [6.07, 6.45) is 3.78. The molecule has 2 nitrogen and oxygen atoms in total. The maximum Gasteiger partial charge on any atom is 0.0705 e. The van der Waals surface area contributed by atoms with E-state index in [1.165, 1.54) is 11.1 Å². The van der Waals surface area contributed by atoms with E-state index in [1.807, 2.05) is 12.3 Å². The maximum atomic E-state index is 6.36.